The Morgan fingerprint density at radius 3 is 2.50 bits per heavy atom. The summed E-state index contributed by atoms with van der Waals surface area (Å²) in [6.07, 6.45) is 3.20. The number of nitrogens with zero attached hydrogens (tertiary/aromatic N) is 1. The lowest BCUT2D eigenvalue weighted by atomic mass is 9.92. The molecule has 0 spiro atoms. The van der Waals surface area contributed by atoms with Gasteiger partial charge in [-0.3, -0.25) is 0 Å². The van der Waals surface area contributed by atoms with Gasteiger partial charge in [0.1, 0.15) is 0 Å². The molecule has 114 valence electrons. The van der Waals surface area contributed by atoms with Crippen molar-refractivity contribution in [2.75, 3.05) is 6.54 Å². The summed E-state index contributed by atoms with van der Waals surface area (Å²) in [7, 11) is 0. The number of benzene rings is 2. The minimum atomic E-state index is 0.318. The van der Waals surface area contributed by atoms with Gasteiger partial charge >= 0.3 is 0 Å². The van der Waals surface area contributed by atoms with Crippen LogP contribution < -0.4 is 5.73 Å². The fourth-order valence-corrected chi connectivity index (χ4v) is 3.21. The molecule has 3 heteroatoms. The number of hydrogen-bond donors (Lipinski definition) is 1. The van der Waals surface area contributed by atoms with Gasteiger partial charge in [0.05, 0.1) is 0 Å². The quantitative estimate of drug-likeness (QED) is 0.733. The van der Waals surface area contributed by atoms with Crippen molar-refractivity contribution in [2.45, 2.75) is 25.8 Å². The summed E-state index contributed by atoms with van der Waals surface area (Å²) in [4.78, 5) is 0. The van der Waals surface area contributed by atoms with Gasteiger partial charge in [-0.2, -0.15) is 0 Å². The highest BCUT2D eigenvalue weighted by Gasteiger charge is 2.16. The molecule has 0 aliphatic rings. The maximum Gasteiger partial charge on any atom is 0.0483 e. The minimum Gasteiger partial charge on any atom is -0.347 e. The van der Waals surface area contributed by atoms with E-state index in [1.54, 1.807) is 0 Å². The summed E-state index contributed by atoms with van der Waals surface area (Å²) in [6.45, 7) is 3.78. The van der Waals surface area contributed by atoms with Crippen molar-refractivity contribution in [3.8, 4) is 0 Å². The van der Waals surface area contributed by atoms with E-state index in [0.29, 0.717) is 12.5 Å². The van der Waals surface area contributed by atoms with Crippen LogP contribution in [0.5, 0.6) is 0 Å². The van der Waals surface area contributed by atoms with Gasteiger partial charge in [-0.1, -0.05) is 41.9 Å². The fourth-order valence-electron chi connectivity index (χ4n) is 3.09. The van der Waals surface area contributed by atoms with E-state index in [1.807, 2.05) is 12.1 Å². The van der Waals surface area contributed by atoms with Gasteiger partial charge in [-0.25, -0.2) is 0 Å². The van der Waals surface area contributed by atoms with Crippen LogP contribution in [0.2, 0.25) is 5.02 Å². The molecule has 2 aromatic carbocycles. The number of aromatic nitrogens is 1. The Morgan fingerprint density at radius 1 is 1.09 bits per heavy atom. The Morgan fingerprint density at radius 2 is 1.82 bits per heavy atom. The van der Waals surface area contributed by atoms with Gasteiger partial charge in [-0.15, -0.1) is 0 Å². The molecule has 0 amide bonds. The van der Waals surface area contributed by atoms with Crippen LogP contribution in [-0.2, 0) is 13.0 Å². The zero-order chi connectivity index (χ0) is 15.5. The highest BCUT2D eigenvalue weighted by Crippen LogP contribution is 2.30. The standard InChI is InChI=1S/C19H21ClN2/c1-2-22-13-18(17-5-3-4-6-19(17)22)15(12-21)11-14-7-9-16(20)10-8-14/h3-10,13,15H,2,11-12,21H2,1H3. The third-order valence-electron chi connectivity index (χ3n) is 4.28. The highest BCUT2D eigenvalue weighted by atomic mass is 35.5. The number of halogens is 1. The lowest BCUT2D eigenvalue weighted by molar-refractivity contribution is 0.690. The van der Waals surface area contributed by atoms with Crippen molar-refractivity contribution < 1.29 is 0 Å². The number of aryl methyl sites for hydroxylation is 1. The molecule has 2 N–H and O–H groups in total. The van der Waals surface area contributed by atoms with Crippen LogP contribution in [-0.4, -0.2) is 11.1 Å². The molecular weight excluding hydrogens is 292 g/mol. The van der Waals surface area contributed by atoms with Crippen LogP contribution >= 0.6 is 11.6 Å². The fraction of sp³-hybridized carbons (Fsp3) is 0.263. The van der Waals surface area contributed by atoms with Crippen LogP contribution in [0.25, 0.3) is 10.9 Å². The summed E-state index contributed by atoms with van der Waals surface area (Å²) in [5.41, 5.74) is 9.99. The second-order valence-electron chi connectivity index (χ2n) is 5.65. The van der Waals surface area contributed by atoms with Gasteiger partial charge in [0.15, 0.2) is 0 Å². The molecule has 1 atom stereocenters. The molecule has 22 heavy (non-hydrogen) atoms. The first-order valence-electron chi connectivity index (χ1n) is 7.75. The van der Waals surface area contributed by atoms with Crippen molar-refractivity contribution in [3.63, 3.8) is 0 Å². The summed E-state index contributed by atoms with van der Waals surface area (Å²) < 4.78 is 2.30. The highest BCUT2D eigenvalue weighted by molar-refractivity contribution is 6.30. The van der Waals surface area contributed by atoms with Crippen LogP contribution in [0.15, 0.2) is 54.7 Å². The van der Waals surface area contributed by atoms with E-state index >= 15 is 0 Å². The Hall–Kier alpha value is -1.77. The number of hydrogen-bond acceptors (Lipinski definition) is 1. The smallest absolute Gasteiger partial charge is 0.0483 e. The number of nitrogens with two attached hydrogens (primary N) is 1. The molecule has 0 aliphatic carbocycles. The van der Waals surface area contributed by atoms with E-state index in [9.17, 15) is 0 Å². The van der Waals surface area contributed by atoms with Crippen LogP contribution in [0.1, 0.15) is 24.0 Å². The molecule has 2 nitrogen and oxygen atoms in total. The predicted molar refractivity (Wildman–Crippen MR) is 94.6 cm³/mol. The van der Waals surface area contributed by atoms with E-state index < -0.39 is 0 Å². The molecule has 3 rings (SSSR count). The average Bonchev–Trinajstić information content (AvgIpc) is 2.93. The normalized spacial score (nSPS) is 12.7. The van der Waals surface area contributed by atoms with E-state index in [4.69, 9.17) is 17.3 Å². The van der Waals surface area contributed by atoms with Crippen molar-refractivity contribution in [1.82, 2.24) is 4.57 Å². The van der Waals surface area contributed by atoms with E-state index in [-0.39, 0.29) is 0 Å². The van der Waals surface area contributed by atoms with Crippen LogP contribution in [0.4, 0.5) is 0 Å². The molecule has 0 aliphatic heterocycles. The third-order valence-corrected chi connectivity index (χ3v) is 4.53. The zero-order valence-electron chi connectivity index (χ0n) is 12.8. The molecule has 1 unspecified atom stereocenters. The van der Waals surface area contributed by atoms with E-state index in [0.717, 1.165) is 18.0 Å². The predicted octanol–water partition coefficient (Wildman–Crippen LogP) is 4.60. The van der Waals surface area contributed by atoms with Gasteiger partial charge < -0.3 is 10.3 Å². The molecule has 1 aromatic heterocycles. The number of rotatable bonds is 5. The molecule has 0 saturated carbocycles. The van der Waals surface area contributed by atoms with Crippen LogP contribution in [0, 0.1) is 0 Å². The first kappa shape index (κ1) is 15.1. The molecule has 0 saturated heterocycles. The summed E-state index contributed by atoms with van der Waals surface area (Å²) in [5, 5.41) is 2.09. The van der Waals surface area contributed by atoms with Gasteiger partial charge in [0.2, 0.25) is 0 Å². The number of para-hydroxylation sites is 1. The first-order chi connectivity index (χ1) is 10.7. The summed E-state index contributed by atoms with van der Waals surface area (Å²) in [5.74, 6) is 0.318. The zero-order valence-corrected chi connectivity index (χ0v) is 13.6. The van der Waals surface area contributed by atoms with Gasteiger partial charge in [-0.05, 0) is 49.2 Å². The monoisotopic (exact) mass is 312 g/mol. The molecule has 3 aromatic rings. The number of fused-ring (bicyclic) bond motifs is 1. The first-order valence-corrected chi connectivity index (χ1v) is 8.13. The summed E-state index contributed by atoms with van der Waals surface area (Å²) >= 11 is 5.97. The van der Waals surface area contributed by atoms with E-state index in [2.05, 4.69) is 54.1 Å². The Labute approximate surface area is 136 Å². The molecule has 0 radical (unpaired) electrons. The second kappa shape index (κ2) is 6.55. The maximum absolute atomic E-state index is 6.09. The Balaban J connectivity index is 1.98. The maximum atomic E-state index is 6.09. The second-order valence-corrected chi connectivity index (χ2v) is 6.09. The van der Waals surface area contributed by atoms with Gasteiger partial charge in [0, 0.05) is 34.6 Å². The summed E-state index contributed by atoms with van der Waals surface area (Å²) in [6, 6.07) is 16.6. The van der Waals surface area contributed by atoms with Crippen molar-refractivity contribution >= 4 is 22.5 Å². The largest absolute Gasteiger partial charge is 0.347 e. The lowest BCUT2D eigenvalue weighted by Gasteiger charge is -2.14. The van der Waals surface area contributed by atoms with Crippen LogP contribution in [0.3, 0.4) is 0 Å². The molecule has 1 heterocycles. The van der Waals surface area contributed by atoms with Crippen molar-refractivity contribution in [2.24, 2.45) is 5.73 Å². The Bertz CT molecular complexity index is 759. The Kier molecular flexibility index (Phi) is 4.51. The SMILES string of the molecule is CCn1cc(C(CN)Cc2ccc(Cl)cc2)c2ccccc21. The molecular formula is C19H21ClN2. The van der Waals surface area contributed by atoms with Crippen molar-refractivity contribution in [3.05, 3.63) is 70.9 Å². The topological polar surface area (TPSA) is 30.9 Å². The average molecular weight is 313 g/mol. The lowest BCUT2D eigenvalue weighted by Crippen LogP contribution is -2.14. The van der Waals surface area contributed by atoms with E-state index in [1.165, 1.54) is 22.0 Å². The van der Waals surface area contributed by atoms with Gasteiger partial charge in [0.25, 0.3) is 0 Å². The third kappa shape index (κ3) is 2.90. The van der Waals surface area contributed by atoms with Crippen molar-refractivity contribution in [1.29, 1.82) is 0 Å². The molecule has 0 bridgehead atoms. The molecule has 0 fully saturated rings. The minimum absolute atomic E-state index is 0.318.